The van der Waals surface area contributed by atoms with Crippen molar-refractivity contribution >= 4 is 15.7 Å². The van der Waals surface area contributed by atoms with Crippen molar-refractivity contribution in [2.45, 2.75) is 32.1 Å². The van der Waals surface area contributed by atoms with Gasteiger partial charge in [0.05, 0.1) is 4.90 Å². The second-order valence-corrected chi connectivity index (χ2v) is 7.88. The average Bonchev–Trinajstić information content (AvgIpc) is 2.45. The highest BCUT2D eigenvalue weighted by atomic mass is 32.2. The Labute approximate surface area is 128 Å². The first-order chi connectivity index (χ1) is 9.72. The van der Waals surface area contributed by atoms with Crippen molar-refractivity contribution < 1.29 is 8.42 Å². The summed E-state index contributed by atoms with van der Waals surface area (Å²) in [4.78, 5) is 2.38. The molecule has 0 aliphatic rings. The summed E-state index contributed by atoms with van der Waals surface area (Å²) in [6.07, 6.45) is 0.772. The summed E-state index contributed by atoms with van der Waals surface area (Å²) >= 11 is 0. The minimum Gasteiger partial charge on any atom is -0.374 e. The lowest BCUT2D eigenvalue weighted by atomic mass is 9.93. The molecule has 21 heavy (non-hydrogen) atoms. The molecule has 1 rings (SSSR count). The number of nitrogens with zero attached hydrogens (tertiary/aromatic N) is 1. The Balaban J connectivity index is 2.83. The van der Waals surface area contributed by atoms with Gasteiger partial charge in [-0.2, -0.15) is 0 Å². The molecule has 0 aliphatic carbocycles. The highest BCUT2D eigenvalue weighted by Gasteiger charge is 2.19. The molecular weight excluding hydrogens is 286 g/mol. The lowest BCUT2D eigenvalue weighted by Crippen LogP contribution is -2.36. The number of benzene rings is 1. The zero-order valence-corrected chi connectivity index (χ0v) is 14.2. The molecule has 1 aromatic carbocycles. The summed E-state index contributed by atoms with van der Waals surface area (Å²) in [5.41, 5.74) is 6.74. The second-order valence-electron chi connectivity index (χ2n) is 6.12. The summed E-state index contributed by atoms with van der Waals surface area (Å²) in [5.74, 6) is 0. The number of nitrogens with one attached hydrogen (secondary N) is 1. The molecule has 0 amide bonds. The second kappa shape index (κ2) is 7.24. The molecule has 5 nitrogen and oxygen atoms in total. The van der Waals surface area contributed by atoms with E-state index in [0.29, 0.717) is 18.0 Å². The molecular formula is C15H27N3O2S. The molecule has 120 valence electrons. The maximum atomic E-state index is 12.0. The maximum Gasteiger partial charge on any atom is 0.240 e. The van der Waals surface area contributed by atoms with Crippen LogP contribution in [0.2, 0.25) is 0 Å². The van der Waals surface area contributed by atoms with Gasteiger partial charge in [0.15, 0.2) is 0 Å². The van der Waals surface area contributed by atoms with Gasteiger partial charge < -0.3 is 10.6 Å². The molecule has 0 fully saturated rings. The summed E-state index contributed by atoms with van der Waals surface area (Å²) in [5, 5.41) is 0. The van der Waals surface area contributed by atoms with E-state index in [-0.39, 0.29) is 5.41 Å². The minimum atomic E-state index is -3.39. The minimum absolute atomic E-state index is 0.0161. The number of nitrogens with two attached hydrogens (primary N) is 1. The van der Waals surface area contributed by atoms with Gasteiger partial charge in [0.2, 0.25) is 10.0 Å². The molecule has 0 bridgehead atoms. The third-order valence-electron chi connectivity index (χ3n) is 3.35. The molecule has 0 radical (unpaired) electrons. The number of anilines is 1. The zero-order valence-electron chi connectivity index (χ0n) is 13.4. The molecule has 0 saturated heterocycles. The molecule has 0 atom stereocenters. The van der Waals surface area contributed by atoms with E-state index in [1.807, 2.05) is 26.1 Å². The predicted octanol–water partition coefficient (Wildman–Crippen LogP) is 1.80. The summed E-state index contributed by atoms with van der Waals surface area (Å²) in [6.45, 7) is 8.01. The van der Waals surface area contributed by atoms with Gasteiger partial charge in [-0.15, -0.1) is 0 Å². The Morgan fingerprint density at radius 3 is 2.29 bits per heavy atom. The van der Waals surface area contributed by atoms with Gasteiger partial charge in [0, 0.05) is 25.8 Å². The normalized spacial score (nSPS) is 12.4. The third kappa shape index (κ3) is 5.30. The van der Waals surface area contributed by atoms with Crippen molar-refractivity contribution in [3.8, 4) is 0 Å². The van der Waals surface area contributed by atoms with Gasteiger partial charge in [-0.05, 0) is 42.6 Å². The number of sulfonamides is 1. The smallest absolute Gasteiger partial charge is 0.240 e. The van der Waals surface area contributed by atoms with Crippen molar-refractivity contribution in [1.29, 1.82) is 0 Å². The van der Waals surface area contributed by atoms with Crippen molar-refractivity contribution in [3.63, 3.8) is 0 Å². The molecule has 0 aliphatic heterocycles. The molecule has 0 heterocycles. The predicted molar refractivity (Wildman–Crippen MR) is 88.0 cm³/mol. The van der Waals surface area contributed by atoms with E-state index in [1.54, 1.807) is 12.1 Å². The number of hydrogen-bond donors (Lipinski definition) is 2. The Bertz CT molecular complexity index is 539. The van der Waals surface area contributed by atoms with E-state index in [1.165, 1.54) is 0 Å². The van der Waals surface area contributed by atoms with E-state index in [4.69, 9.17) is 5.73 Å². The van der Waals surface area contributed by atoms with Crippen LogP contribution in [0, 0.1) is 5.41 Å². The van der Waals surface area contributed by atoms with Crippen LogP contribution in [-0.2, 0) is 10.0 Å². The molecule has 3 N–H and O–H groups in total. The van der Waals surface area contributed by atoms with Crippen molar-refractivity contribution in [3.05, 3.63) is 24.3 Å². The average molecular weight is 313 g/mol. The van der Waals surface area contributed by atoms with Crippen molar-refractivity contribution in [2.24, 2.45) is 11.1 Å². The maximum absolute atomic E-state index is 12.0. The van der Waals surface area contributed by atoms with Gasteiger partial charge in [0.1, 0.15) is 0 Å². The first-order valence-electron chi connectivity index (χ1n) is 7.23. The lowest BCUT2D eigenvalue weighted by Gasteiger charge is -2.30. The van der Waals surface area contributed by atoms with Crippen molar-refractivity contribution in [2.75, 3.05) is 31.6 Å². The molecule has 1 aromatic rings. The van der Waals surface area contributed by atoms with Crippen LogP contribution >= 0.6 is 0 Å². The van der Waals surface area contributed by atoms with Gasteiger partial charge in [-0.3, -0.25) is 0 Å². The highest BCUT2D eigenvalue weighted by molar-refractivity contribution is 7.89. The largest absolute Gasteiger partial charge is 0.374 e. The third-order valence-corrected chi connectivity index (χ3v) is 4.82. The highest BCUT2D eigenvalue weighted by Crippen LogP contribution is 2.21. The van der Waals surface area contributed by atoms with Crippen LogP contribution in [0.25, 0.3) is 0 Å². The Morgan fingerprint density at radius 2 is 1.81 bits per heavy atom. The first kappa shape index (κ1) is 17.9. The van der Waals surface area contributed by atoms with E-state index in [2.05, 4.69) is 23.5 Å². The van der Waals surface area contributed by atoms with E-state index in [9.17, 15) is 8.42 Å². The van der Waals surface area contributed by atoms with Gasteiger partial charge in [0.25, 0.3) is 0 Å². The van der Waals surface area contributed by atoms with E-state index < -0.39 is 10.0 Å². The lowest BCUT2D eigenvalue weighted by molar-refractivity contribution is 0.385. The number of hydrogen-bond acceptors (Lipinski definition) is 4. The molecule has 6 heteroatoms. The standard InChI is InChI=1S/C15H27N3O2S/c1-5-10-17-21(19,20)14-8-6-13(7-9-14)18(4)12-15(2,3)11-16/h6-9,17H,5,10-12,16H2,1-4H3. The topological polar surface area (TPSA) is 75.4 Å². The van der Waals surface area contributed by atoms with Gasteiger partial charge in [-0.1, -0.05) is 20.8 Å². The molecule has 0 aromatic heterocycles. The fourth-order valence-electron chi connectivity index (χ4n) is 2.00. The van der Waals surface area contributed by atoms with Crippen LogP contribution in [0.4, 0.5) is 5.69 Å². The van der Waals surface area contributed by atoms with Gasteiger partial charge in [-0.25, -0.2) is 13.1 Å². The molecule has 0 spiro atoms. The fourth-order valence-corrected chi connectivity index (χ4v) is 3.13. The Kier molecular flexibility index (Phi) is 6.19. The Hall–Kier alpha value is -1.11. The van der Waals surface area contributed by atoms with Crippen LogP contribution < -0.4 is 15.4 Å². The summed E-state index contributed by atoms with van der Waals surface area (Å²) in [6, 6.07) is 6.93. The van der Waals surface area contributed by atoms with Crippen LogP contribution in [-0.4, -0.2) is 35.1 Å². The van der Waals surface area contributed by atoms with Crippen LogP contribution in [0.5, 0.6) is 0 Å². The van der Waals surface area contributed by atoms with E-state index >= 15 is 0 Å². The quantitative estimate of drug-likeness (QED) is 0.767. The van der Waals surface area contributed by atoms with Crippen LogP contribution in [0.1, 0.15) is 27.2 Å². The van der Waals surface area contributed by atoms with Crippen LogP contribution in [0.3, 0.4) is 0 Å². The SMILES string of the molecule is CCCNS(=O)(=O)c1ccc(N(C)CC(C)(C)CN)cc1. The first-order valence-corrected chi connectivity index (χ1v) is 8.71. The summed E-state index contributed by atoms with van der Waals surface area (Å²) < 4.78 is 26.6. The molecule has 0 unspecified atom stereocenters. The number of rotatable bonds is 8. The van der Waals surface area contributed by atoms with Crippen molar-refractivity contribution in [1.82, 2.24) is 4.72 Å². The van der Waals surface area contributed by atoms with Crippen LogP contribution in [0.15, 0.2) is 29.2 Å². The Morgan fingerprint density at radius 1 is 1.24 bits per heavy atom. The van der Waals surface area contributed by atoms with E-state index in [0.717, 1.165) is 18.7 Å². The molecule has 0 saturated carbocycles. The summed E-state index contributed by atoms with van der Waals surface area (Å²) in [7, 11) is -1.41. The zero-order chi connectivity index (χ0) is 16.1. The fraction of sp³-hybridized carbons (Fsp3) is 0.600. The monoisotopic (exact) mass is 313 g/mol. The van der Waals surface area contributed by atoms with Gasteiger partial charge >= 0.3 is 0 Å².